The van der Waals surface area contributed by atoms with Crippen LogP contribution < -0.4 is 0 Å². The maximum Gasteiger partial charge on any atom is 0.496 e. The molecule has 3 aromatic rings. The van der Waals surface area contributed by atoms with Gasteiger partial charge in [0.1, 0.15) is 5.82 Å². The minimum absolute atomic E-state index is 0.565. The molecule has 2 heterocycles. The van der Waals surface area contributed by atoms with Crippen LogP contribution in [0.25, 0.3) is 22.0 Å². The highest BCUT2D eigenvalue weighted by Gasteiger charge is 2.22. The quantitative estimate of drug-likeness (QED) is 0.522. The van der Waals surface area contributed by atoms with Crippen LogP contribution in [0.4, 0.5) is 10.1 Å². The molecule has 0 saturated carbocycles. The number of hydrogen-bond donors (Lipinski definition) is 0. The van der Waals surface area contributed by atoms with E-state index in [0.717, 1.165) is 39.7 Å². The third kappa shape index (κ3) is 2.83. The van der Waals surface area contributed by atoms with Crippen LogP contribution in [0, 0.1) is 0 Å². The molecule has 0 atom stereocenters. The number of halogens is 1. The summed E-state index contributed by atoms with van der Waals surface area (Å²) in [5, 5.41) is 1.87. The molecule has 4 rings (SSSR count). The predicted octanol–water partition coefficient (Wildman–Crippen LogP) is 5.89. The first-order chi connectivity index (χ1) is 13.2. The smallest absolute Gasteiger partial charge is 0.342 e. The molecular weight excluding hydrogens is 336 g/mol. The summed E-state index contributed by atoms with van der Waals surface area (Å²) in [6, 6.07) is 17.7. The van der Waals surface area contributed by atoms with Gasteiger partial charge in [-0.25, -0.2) is 9.98 Å². The zero-order valence-electron chi connectivity index (χ0n) is 15.7. The van der Waals surface area contributed by atoms with Crippen LogP contribution in [0.5, 0.6) is 0 Å². The van der Waals surface area contributed by atoms with E-state index in [-0.39, 0.29) is 0 Å². The molecule has 1 aliphatic rings. The fourth-order valence-electron chi connectivity index (χ4n) is 3.80. The summed E-state index contributed by atoms with van der Waals surface area (Å²) in [6.45, 7) is 6.14. The number of rotatable bonds is 4. The Bertz CT molecular complexity index is 1110. The normalized spacial score (nSPS) is 15.7. The van der Waals surface area contributed by atoms with E-state index < -0.39 is 0 Å². The molecule has 2 aromatic carbocycles. The van der Waals surface area contributed by atoms with E-state index in [0.29, 0.717) is 19.3 Å². The SMILES string of the molecule is CCC1=C(C)C(=Nc2c3ccccc3c(-c3ccccc3)n2[B]F)N=C1C. The van der Waals surface area contributed by atoms with E-state index >= 15 is 0 Å². The Morgan fingerprint density at radius 1 is 1.00 bits per heavy atom. The first-order valence-corrected chi connectivity index (χ1v) is 9.12. The molecule has 27 heavy (non-hydrogen) atoms. The summed E-state index contributed by atoms with van der Waals surface area (Å²) in [5.41, 5.74) is 5.00. The van der Waals surface area contributed by atoms with E-state index in [1.54, 1.807) is 0 Å². The van der Waals surface area contributed by atoms with Gasteiger partial charge in [0.05, 0.1) is 0 Å². The highest BCUT2D eigenvalue weighted by Crippen LogP contribution is 2.39. The van der Waals surface area contributed by atoms with Gasteiger partial charge < -0.3 is 8.79 Å². The Morgan fingerprint density at radius 3 is 2.30 bits per heavy atom. The maximum absolute atomic E-state index is 14.1. The number of nitrogens with zero attached hydrogens (tertiary/aromatic N) is 3. The van der Waals surface area contributed by atoms with Gasteiger partial charge in [0, 0.05) is 22.2 Å². The number of benzene rings is 2. The minimum atomic E-state index is 0.565. The van der Waals surface area contributed by atoms with Gasteiger partial charge >= 0.3 is 7.69 Å². The monoisotopic (exact) mass is 356 g/mol. The van der Waals surface area contributed by atoms with Crippen molar-refractivity contribution in [2.24, 2.45) is 9.98 Å². The second-order valence-corrected chi connectivity index (χ2v) is 6.64. The molecule has 0 saturated heterocycles. The van der Waals surface area contributed by atoms with Gasteiger partial charge in [-0.3, -0.25) is 0 Å². The Kier molecular flexibility index (Phi) is 4.52. The third-order valence-corrected chi connectivity index (χ3v) is 5.10. The molecule has 0 spiro atoms. The summed E-state index contributed by atoms with van der Waals surface area (Å²) in [7, 11) is 0.590. The lowest BCUT2D eigenvalue weighted by molar-refractivity contribution is 0.838. The van der Waals surface area contributed by atoms with Gasteiger partial charge in [0.2, 0.25) is 0 Å². The molecule has 1 aliphatic heterocycles. The topological polar surface area (TPSA) is 29.6 Å². The lowest BCUT2D eigenvalue weighted by Crippen LogP contribution is -2.03. The van der Waals surface area contributed by atoms with Crippen LogP contribution >= 0.6 is 0 Å². The van der Waals surface area contributed by atoms with Gasteiger partial charge in [-0.1, -0.05) is 61.5 Å². The highest BCUT2D eigenvalue weighted by molar-refractivity contribution is 6.30. The molecule has 133 valence electrons. The number of fused-ring (bicyclic) bond motifs is 1. The van der Waals surface area contributed by atoms with Crippen LogP contribution in [-0.2, 0) is 0 Å². The lowest BCUT2D eigenvalue weighted by Gasteiger charge is -2.07. The molecule has 0 aliphatic carbocycles. The second-order valence-electron chi connectivity index (χ2n) is 6.64. The number of aliphatic imine (C=N–C) groups is 2. The van der Waals surface area contributed by atoms with Crippen LogP contribution in [-0.4, -0.2) is 23.7 Å². The molecule has 0 fully saturated rings. The van der Waals surface area contributed by atoms with Crippen molar-refractivity contribution in [3.05, 3.63) is 65.7 Å². The fourth-order valence-corrected chi connectivity index (χ4v) is 3.80. The van der Waals surface area contributed by atoms with Gasteiger partial charge in [-0.15, -0.1) is 0 Å². The predicted molar refractivity (Wildman–Crippen MR) is 113 cm³/mol. The number of amidine groups is 1. The Balaban J connectivity index is 2.01. The average molecular weight is 356 g/mol. The Hall–Kier alpha value is -2.95. The molecule has 0 N–H and O–H groups in total. The molecule has 3 nitrogen and oxygen atoms in total. The Labute approximate surface area is 159 Å². The molecular formula is C22H20BFN3. The second kappa shape index (κ2) is 6.99. The zero-order valence-corrected chi connectivity index (χ0v) is 15.7. The van der Waals surface area contributed by atoms with E-state index in [4.69, 9.17) is 4.99 Å². The molecule has 0 amide bonds. The van der Waals surface area contributed by atoms with Crippen molar-refractivity contribution in [2.45, 2.75) is 27.2 Å². The zero-order chi connectivity index (χ0) is 19.0. The Morgan fingerprint density at radius 2 is 1.67 bits per heavy atom. The number of hydrogen-bond acceptors (Lipinski definition) is 1. The summed E-state index contributed by atoms with van der Waals surface area (Å²) < 4.78 is 15.6. The van der Waals surface area contributed by atoms with Crippen molar-refractivity contribution in [2.75, 3.05) is 0 Å². The van der Waals surface area contributed by atoms with Crippen LogP contribution in [0.15, 0.2) is 75.7 Å². The first kappa shape index (κ1) is 17.5. The van der Waals surface area contributed by atoms with Crippen molar-refractivity contribution in [1.29, 1.82) is 0 Å². The summed E-state index contributed by atoms with van der Waals surface area (Å²) in [4.78, 5) is 9.42. The summed E-state index contributed by atoms with van der Waals surface area (Å²) in [6.07, 6.45) is 0.909. The standard InChI is InChI=1S/C22H20BFN3/c1-4-17-14(2)21(25-15(17)3)26-22-19-13-9-8-12-18(19)20(27(22)23-24)16-10-6-5-7-11-16/h5-13H,4H2,1-3H3. The van der Waals surface area contributed by atoms with Gasteiger partial charge in [-0.05, 0) is 37.0 Å². The summed E-state index contributed by atoms with van der Waals surface area (Å²) >= 11 is 0. The first-order valence-electron chi connectivity index (χ1n) is 9.12. The molecule has 0 bridgehead atoms. The molecule has 1 radical (unpaired) electrons. The van der Waals surface area contributed by atoms with Gasteiger partial charge in [0.25, 0.3) is 0 Å². The highest BCUT2D eigenvalue weighted by atomic mass is 19.1. The van der Waals surface area contributed by atoms with Crippen molar-refractivity contribution in [1.82, 2.24) is 4.48 Å². The van der Waals surface area contributed by atoms with E-state index in [1.807, 2.05) is 68.4 Å². The fraction of sp³-hybridized carbons (Fsp3) is 0.182. The third-order valence-electron chi connectivity index (χ3n) is 5.10. The van der Waals surface area contributed by atoms with Crippen LogP contribution in [0.2, 0.25) is 0 Å². The van der Waals surface area contributed by atoms with Crippen molar-refractivity contribution < 1.29 is 4.32 Å². The van der Waals surface area contributed by atoms with E-state index in [9.17, 15) is 4.32 Å². The van der Waals surface area contributed by atoms with Crippen LogP contribution in [0.3, 0.4) is 0 Å². The molecule has 0 unspecified atom stereocenters. The van der Waals surface area contributed by atoms with Crippen molar-refractivity contribution in [3.8, 4) is 11.3 Å². The van der Waals surface area contributed by atoms with Crippen molar-refractivity contribution in [3.63, 3.8) is 0 Å². The average Bonchev–Trinajstić information content (AvgIpc) is 3.16. The maximum atomic E-state index is 14.1. The lowest BCUT2D eigenvalue weighted by atomic mass is 10.1. The van der Waals surface area contributed by atoms with Gasteiger partial charge in [0.15, 0.2) is 5.84 Å². The van der Waals surface area contributed by atoms with E-state index in [2.05, 4.69) is 11.9 Å². The minimum Gasteiger partial charge on any atom is -0.342 e. The van der Waals surface area contributed by atoms with Crippen LogP contribution in [0.1, 0.15) is 27.2 Å². The molecule has 1 aromatic heterocycles. The van der Waals surface area contributed by atoms with E-state index in [1.165, 1.54) is 10.1 Å². The summed E-state index contributed by atoms with van der Waals surface area (Å²) in [5.74, 6) is 1.23. The van der Waals surface area contributed by atoms with Crippen molar-refractivity contribution >= 4 is 35.8 Å². The number of allylic oxidation sites excluding steroid dienone is 1. The number of aromatic nitrogens is 1. The van der Waals surface area contributed by atoms with Gasteiger partial charge in [-0.2, -0.15) is 0 Å². The molecule has 5 heteroatoms. The largest absolute Gasteiger partial charge is 0.496 e.